The number of hydrogen-bond acceptors (Lipinski definition) is 4. The molecule has 0 radical (unpaired) electrons. The highest BCUT2D eigenvalue weighted by Crippen LogP contribution is 2.55. The number of nitro benzene ring substituents is 1. The lowest BCUT2D eigenvalue weighted by Crippen LogP contribution is -2.30. The molecule has 3 aromatic carbocycles. The van der Waals surface area contributed by atoms with E-state index in [0.29, 0.717) is 0 Å². The quantitative estimate of drug-likeness (QED) is 0.346. The zero-order valence-electron chi connectivity index (χ0n) is 16.4. The number of nitrogens with one attached hydrogen (secondary N) is 1. The van der Waals surface area contributed by atoms with Gasteiger partial charge in [0.25, 0.3) is 5.69 Å². The van der Waals surface area contributed by atoms with E-state index in [2.05, 4.69) is 35.7 Å². The first-order chi connectivity index (χ1) is 14.1. The van der Waals surface area contributed by atoms with Gasteiger partial charge < -0.3 is 10.1 Å². The molecule has 1 aliphatic carbocycles. The normalized spacial score (nSPS) is 22.1. The van der Waals surface area contributed by atoms with E-state index in [0.717, 1.165) is 45.3 Å². The Hall–Kier alpha value is -3.34. The standard InChI is InChI=1S/C24H22N2O3/c1-14-10-12-19(26(27)28)21-17-8-5-9-18(17)24(25-23(14)21)22-16-7-4-3-6-15(16)11-13-20(22)29-2/h3-8,10-13,17-18,24-25H,9H2,1-2H3. The fourth-order valence-corrected chi connectivity index (χ4v) is 5.05. The zero-order valence-corrected chi connectivity index (χ0v) is 16.4. The summed E-state index contributed by atoms with van der Waals surface area (Å²) in [6.07, 6.45) is 5.17. The second-order valence-corrected chi connectivity index (χ2v) is 7.83. The van der Waals surface area contributed by atoms with Crippen LogP contribution in [0.4, 0.5) is 11.4 Å². The Balaban J connectivity index is 1.76. The van der Waals surface area contributed by atoms with Crippen LogP contribution in [0.2, 0.25) is 0 Å². The number of nitrogens with zero attached hydrogens (tertiary/aromatic N) is 1. The Kier molecular flexibility index (Phi) is 4.05. The number of rotatable bonds is 3. The Morgan fingerprint density at radius 1 is 1.10 bits per heavy atom. The predicted molar refractivity (Wildman–Crippen MR) is 115 cm³/mol. The number of aryl methyl sites for hydroxylation is 1. The molecule has 3 aromatic rings. The molecule has 0 saturated carbocycles. The summed E-state index contributed by atoms with van der Waals surface area (Å²) in [4.78, 5) is 11.5. The van der Waals surface area contributed by atoms with E-state index in [-0.39, 0.29) is 28.5 Å². The minimum Gasteiger partial charge on any atom is -0.496 e. The van der Waals surface area contributed by atoms with Crippen molar-refractivity contribution in [2.45, 2.75) is 25.3 Å². The molecule has 0 amide bonds. The SMILES string of the molecule is COc1ccc2ccccc2c1C1Nc2c(C)ccc([N+](=O)[O-])c2C2C=CCC21. The summed E-state index contributed by atoms with van der Waals surface area (Å²) in [5.41, 5.74) is 4.04. The fraction of sp³-hybridized carbons (Fsp3) is 0.250. The molecule has 2 aliphatic rings. The first-order valence-electron chi connectivity index (χ1n) is 9.87. The number of allylic oxidation sites excluding steroid dienone is 2. The van der Waals surface area contributed by atoms with Crippen LogP contribution >= 0.6 is 0 Å². The van der Waals surface area contributed by atoms with Gasteiger partial charge in [-0.25, -0.2) is 0 Å². The molecular weight excluding hydrogens is 364 g/mol. The molecule has 0 fully saturated rings. The Labute approximate surface area is 169 Å². The van der Waals surface area contributed by atoms with Gasteiger partial charge in [-0.2, -0.15) is 0 Å². The molecule has 0 bridgehead atoms. The van der Waals surface area contributed by atoms with Gasteiger partial charge in [-0.15, -0.1) is 0 Å². The number of benzene rings is 3. The number of methoxy groups -OCH3 is 1. The second kappa shape index (κ2) is 6.62. The Bertz CT molecular complexity index is 1170. The van der Waals surface area contributed by atoms with Crippen molar-refractivity contribution in [3.63, 3.8) is 0 Å². The van der Waals surface area contributed by atoms with Gasteiger partial charge in [0.15, 0.2) is 0 Å². The van der Waals surface area contributed by atoms with E-state index < -0.39 is 0 Å². The molecule has 5 heteroatoms. The van der Waals surface area contributed by atoms with Crippen LogP contribution in [0.15, 0.2) is 60.7 Å². The Morgan fingerprint density at radius 3 is 2.72 bits per heavy atom. The van der Waals surface area contributed by atoms with Gasteiger partial charge in [-0.3, -0.25) is 10.1 Å². The van der Waals surface area contributed by atoms with E-state index in [1.54, 1.807) is 13.2 Å². The van der Waals surface area contributed by atoms with E-state index in [1.807, 2.05) is 31.2 Å². The number of anilines is 1. The molecule has 146 valence electrons. The summed E-state index contributed by atoms with van der Waals surface area (Å²) >= 11 is 0. The van der Waals surface area contributed by atoms with Crippen LogP contribution in [-0.4, -0.2) is 12.0 Å². The predicted octanol–water partition coefficient (Wildman–Crippen LogP) is 5.89. The minimum absolute atomic E-state index is 0.00394. The monoisotopic (exact) mass is 386 g/mol. The van der Waals surface area contributed by atoms with Crippen LogP contribution in [0.1, 0.15) is 35.1 Å². The average molecular weight is 386 g/mol. The molecule has 1 heterocycles. The highest BCUT2D eigenvalue weighted by atomic mass is 16.6. The smallest absolute Gasteiger partial charge is 0.275 e. The summed E-state index contributed by atoms with van der Waals surface area (Å²) in [5, 5.41) is 17.7. The molecular formula is C24H22N2O3. The number of hydrogen-bond donors (Lipinski definition) is 1. The van der Waals surface area contributed by atoms with Crippen molar-refractivity contribution in [3.8, 4) is 5.75 Å². The third-order valence-corrected chi connectivity index (χ3v) is 6.36. The number of nitro groups is 1. The minimum atomic E-state index is -0.262. The summed E-state index contributed by atoms with van der Waals surface area (Å²) in [7, 11) is 1.70. The molecule has 0 aromatic heterocycles. The van der Waals surface area contributed by atoms with Gasteiger partial charge in [-0.1, -0.05) is 48.6 Å². The van der Waals surface area contributed by atoms with Gasteiger partial charge in [0.2, 0.25) is 0 Å². The molecule has 0 saturated heterocycles. The first-order valence-corrected chi connectivity index (χ1v) is 9.87. The zero-order chi connectivity index (χ0) is 20.1. The molecule has 3 unspecified atom stereocenters. The van der Waals surface area contributed by atoms with Crippen molar-refractivity contribution in [2.24, 2.45) is 5.92 Å². The van der Waals surface area contributed by atoms with Gasteiger partial charge >= 0.3 is 0 Å². The second-order valence-electron chi connectivity index (χ2n) is 7.83. The van der Waals surface area contributed by atoms with Gasteiger partial charge in [-0.05, 0) is 41.7 Å². The maximum atomic E-state index is 11.7. The van der Waals surface area contributed by atoms with Gasteiger partial charge in [0.05, 0.1) is 23.6 Å². The number of fused-ring (bicyclic) bond motifs is 4. The van der Waals surface area contributed by atoms with Crippen molar-refractivity contribution in [2.75, 3.05) is 12.4 Å². The van der Waals surface area contributed by atoms with Crippen LogP contribution in [0.25, 0.3) is 10.8 Å². The lowest BCUT2D eigenvalue weighted by Gasteiger charge is -2.38. The van der Waals surface area contributed by atoms with Crippen molar-refractivity contribution in [1.82, 2.24) is 0 Å². The van der Waals surface area contributed by atoms with E-state index >= 15 is 0 Å². The van der Waals surface area contributed by atoms with Crippen LogP contribution in [0, 0.1) is 23.0 Å². The number of ether oxygens (including phenoxy) is 1. The van der Waals surface area contributed by atoms with Gasteiger partial charge in [0.1, 0.15) is 5.75 Å². The lowest BCUT2D eigenvalue weighted by molar-refractivity contribution is -0.385. The molecule has 5 rings (SSSR count). The fourth-order valence-electron chi connectivity index (χ4n) is 5.05. The summed E-state index contributed by atoms with van der Waals surface area (Å²) in [5.74, 6) is 1.06. The summed E-state index contributed by atoms with van der Waals surface area (Å²) < 4.78 is 5.77. The van der Waals surface area contributed by atoms with Crippen molar-refractivity contribution < 1.29 is 9.66 Å². The highest BCUT2D eigenvalue weighted by molar-refractivity contribution is 5.89. The lowest BCUT2D eigenvalue weighted by atomic mass is 9.74. The summed E-state index contributed by atoms with van der Waals surface area (Å²) in [6, 6.07) is 15.9. The third kappa shape index (κ3) is 2.61. The summed E-state index contributed by atoms with van der Waals surface area (Å²) in [6.45, 7) is 2.01. The molecule has 5 nitrogen and oxygen atoms in total. The topological polar surface area (TPSA) is 64.4 Å². The highest BCUT2D eigenvalue weighted by Gasteiger charge is 2.43. The molecule has 0 spiro atoms. The molecule has 1 N–H and O–H groups in total. The third-order valence-electron chi connectivity index (χ3n) is 6.36. The van der Waals surface area contributed by atoms with Crippen molar-refractivity contribution in [3.05, 3.63) is 87.5 Å². The van der Waals surface area contributed by atoms with E-state index in [1.165, 1.54) is 0 Å². The maximum absolute atomic E-state index is 11.7. The van der Waals surface area contributed by atoms with Crippen molar-refractivity contribution in [1.29, 1.82) is 0 Å². The average Bonchev–Trinajstić information content (AvgIpc) is 3.22. The molecule has 1 aliphatic heterocycles. The van der Waals surface area contributed by atoms with Crippen molar-refractivity contribution >= 4 is 22.1 Å². The maximum Gasteiger partial charge on any atom is 0.275 e. The van der Waals surface area contributed by atoms with E-state index in [9.17, 15) is 10.1 Å². The van der Waals surface area contributed by atoms with E-state index in [4.69, 9.17) is 4.74 Å². The Morgan fingerprint density at radius 2 is 1.93 bits per heavy atom. The largest absolute Gasteiger partial charge is 0.496 e. The first kappa shape index (κ1) is 17.7. The molecule has 29 heavy (non-hydrogen) atoms. The van der Waals surface area contributed by atoms with Crippen LogP contribution in [0.5, 0.6) is 5.75 Å². The van der Waals surface area contributed by atoms with Gasteiger partial charge in [0, 0.05) is 23.2 Å². The molecule has 3 atom stereocenters. The van der Waals surface area contributed by atoms with Crippen LogP contribution < -0.4 is 10.1 Å². The van der Waals surface area contributed by atoms with Crippen LogP contribution in [-0.2, 0) is 0 Å². The van der Waals surface area contributed by atoms with Crippen LogP contribution in [0.3, 0.4) is 0 Å².